The zero-order valence-electron chi connectivity index (χ0n) is 17.8. The number of hydrogen-bond donors (Lipinski definition) is 2. The topological polar surface area (TPSA) is 71.4 Å². The Bertz CT molecular complexity index is 848. The summed E-state index contributed by atoms with van der Waals surface area (Å²) in [6, 6.07) is 17.4. The zero-order chi connectivity index (χ0) is 21.3. The van der Waals surface area contributed by atoms with Gasteiger partial charge in [-0.05, 0) is 17.7 Å². The fourth-order valence-electron chi connectivity index (χ4n) is 3.64. The van der Waals surface area contributed by atoms with Crippen molar-refractivity contribution in [2.75, 3.05) is 51.7 Å². The third kappa shape index (κ3) is 5.65. The average Bonchev–Trinajstić information content (AvgIpc) is 2.78. The molecule has 1 saturated heterocycles. The van der Waals surface area contributed by atoms with Crippen LogP contribution in [0.1, 0.15) is 12.0 Å². The van der Waals surface area contributed by atoms with Gasteiger partial charge in [-0.3, -0.25) is 9.79 Å². The Labute approximate surface area is 178 Å². The molecule has 2 N–H and O–H groups in total. The zero-order valence-corrected chi connectivity index (χ0v) is 17.8. The van der Waals surface area contributed by atoms with Crippen LogP contribution in [0.15, 0.2) is 59.6 Å². The van der Waals surface area contributed by atoms with Gasteiger partial charge in [-0.25, -0.2) is 0 Å². The standard InChI is InChI=1S/C23H31N5O2/c1-24-23(25-13-12-22(30)26(2)18-19-8-4-3-5-9-19)28-16-14-27(15-17-28)20-10-6-7-11-21(20)29/h3-11,29H,12-18H2,1-2H3,(H,24,25). The van der Waals surface area contributed by atoms with Gasteiger partial charge in [0.25, 0.3) is 0 Å². The lowest BCUT2D eigenvalue weighted by Gasteiger charge is -2.37. The highest BCUT2D eigenvalue weighted by atomic mass is 16.3. The van der Waals surface area contributed by atoms with Crippen LogP contribution in [0.25, 0.3) is 0 Å². The molecule has 1 aliphatic rings. The van der Waals surface area contributed by atoms with Crippen LogP contribution in [-0.4, -0.2) is 73.6 Å². The number of nitrogens with zero attached hydrogens (tertiary/aromatic N) is 4. The molecule has 7 nitrogen and oxygen atoms in total. The minimum Gasteiger partial charge on any atom is -0.506 e. The maximum absolute atomic E-state index is 12.4. The quantitative estimate of drug-likeness (QED) is 0.565. The summed E-state index contributed by atoms with van der Waals surface area (Å²) in [6.07, 6.45) is 0.417. The summed E-state index contributed by atoms with van der Waals surface area (Å²) in [5.74, 6) is 1.23. The third-order valence-corrected chi connectivity index (χ3v) is 5.32. The number of phenols is 1. The molecule has 1 aliphatic heterocycles. The number of hydrogen-bond acceptors (Lipinski definition) is 4. The summed E-state index contributed by atoms with van der Waals surface area (Å²) in [7, 11) is 3.60. The van der Waals surface area contributed by atoms with E-state index in [4.69, 9.17) is 0 Å². The van der Waals surface area contributed by atoms with Gasteiger partial charge >= 0.3 is 0 Å². The Morgan fingerprint density at radius 2 is 1.73 bits per heavy atom. The number of anilines is 1. The van der Waals surface area contributed by atoms with E-state index in [0.29, 0.717) is 25.3 Å². The van der Waals surface area contributed by atoms with Crippen molar-refractivity contribution in [3.8, 4) is 5.75 Å². The van der Waals surface area contributed by atoms with Gasteiger partial charge in [-0.1, -0.05) is 42.5 Å². The maximum Gasteiger partial charge on any atom is 0.224 e. The summed E-state index contributed by atoms with van der Waals surface area (Å²) in [6.45, 7) is 4.37. The van der Waals surface area contributed by atoms with E-state index in [1.165, 1.54) is 0 Å². The summed E-state index contributed by atoms with van der Waals surface area (Å²) < 4.78 is 0. The third-order valence-electron chi connectivity index (χ3n) is 5.32. The molecule has 1 heterocycles. The Hall–Kier alpha value is -3.22. The fourth-order valence-corrected chi connectivity index (χ4v) is 3.64. The van der Waals surface area contributed by atoms with E-state index in [1.807, 2.05) is 55.6 Å². The Morgan fingerprint density at radius 1 is 1.07 bits per heavy atom. The predicted octanol–water partition coefficient (Wildman–Crippen LogP) is 2.14. The van der Waals surface area contributed by atoms with Crippen molar-refractivity contribution in [2.24, 2.45) is 4.99 Å². The number of nitrogens with one attached hydrogen (secondary N) is 1. The second-order valence-electron chi connectivity index (χ2n) is 7.42. The number of para-hydroxylation sites is 2. The number of benzene rings is 2. The number of piperazine rings is 1. The van der Waals surface area contributed by atoms with E-state index < -0.39 is 0 Å². The number of rotatable bonds is 6. The second-order valence-corrected chi connectivity index (χ2v) is 7.42. The normalized spacial score (nSPS) is 14.5. The molecule has 0 saturated carbocycles. The van der Waals surface area contributed by atoms with Gasteiger partial charge in [0.1, 0.15) is 5.75 Å². The number of phenolic OH excluding ortho intramolecular Hbond substituents is 1. The first-order chi connectivity index (χ1) is 14.6. The van der Waals surface area contributed by atoms with Crippen LogP contribution >= 0.6 is 0 Å². The van der Waals surface area contributed by atoms with Crippen LogP contribution in [-0.2, 0) is 11.3 Å². The Kier molecular flexibility index (Phi) is 7.54. The molecule has 0 aliphatic carbocycles. The average molecular weight is 410 g/mol. The lowest BCUT2D eigenvalue weighted by molar-refractivity contribution is -0.130. The van der Waals surface area contributed by atoms with E-state index in [1.54, 1.807) is 18.0 Å². The minimum atomic E-state index is 0.103. The molecular formula is C23H31N5O2. The van der Waals surface area contributed by atoms with Gasteiger partial charge in [0.15, 0.2) is 5.96 Å². The number of guanidine groups is 1. The number of amides is 1. The van der Waals surface area contributed by atoms with Crippen LogP contribution in [0.2, 0.25) is 0 Å². The lowest BCUT2D eigenvalue weighted by atomic mass is 10.2. The SMILES string of the molecule is CN=C(NCCC(=O)N(C)Cc1ccccc1)N1CCN(c2ccccc2O)CC1. The smallest absolute Gasteiger partial charge is 0.224 e. The number of aliphatic imine (C=N–C) groups is 1. The van der Waals surface area contributed by atoms with Gasteiger partial charge in [-0.15, -0.1) is 0 Å². The van der Waals surface area contributed by atoms with Crippen molar-refractivity contribution in [3.63, 3.8) is 0 Å². The van der Waals surface area contributed by atoms with E-state index in [-0.39, 0.29) is 5.91 Å². The maximum atomic E-state index is 12.4. The van der Waals surface area contributed by atoms with E-state index in [2.05, 4.69) is 20.1 Å². The van der Waals surface area contributed by atoms with Crippen molar-refractivity contribution >= 4 is 17.6 Å². The lowest BCUT2D eigenvalue weighted by Crippen LogP contribution is -2.52. The first-order valence-corrected chi connectivity index (χ1v) is 10.3. The van der Waals surface area contributed by atoms with Crippen LogP contribution < -0.4 is 10.2 Å². The molecule has 0 atom stereocenters. The monoisotopic (exact) mass is 409 g/mol. The highest BCUT2D eigenvalue weighted by Gasteiger charge is 2.21. The molecule has 0 spiro atoms. The molecule has 30 heavy (non-hydrogen) atoms. The first-order valence-electron chi connectivity index (χ1n) is 10.3. The van der Waals surface area contributed by atoms with Crippen molar-refractivity contribution in [2.45, 2.75) is 13.0 Å². The second kappa shape index (κ2) is 10.5. The molecule has 1 fully saturated rings. The molecule has 3 rings (SSSR count). The summed E-state index contributed by atoms with van der Waals surface area (Å²) in [4.78, 5) is 22.9. The van der Waals surface area contributed by atoms with Crippen LogP contribution in [0.3, 0.4) is 0 Å². The van der Waals surface area contributed by atoms with Gasteiger partial charge in [0.2, 0.25) is 5.91 Å². The summed E-state index contributed by atoms with van der Waals surface area (Å²) in [5.41, 5.74) is 1.99. The van der Waals surface area contributed by atoms with Gasteiger partial charge in [-0.2, -0.15) is 0 Å². The largest absolute Gasteiger partial charge is 0.506 e. The fraction of sp³-hybridized carbons (Fsp3) is 0.391. The molecule has 2 aromatic rings. The van der Waals surface area contributed by atoms with Crippen molar-refractivity contribution in [1.29, 1.82) is 0 Å². The molecule has 0 bridgehead atoms. The van der Waals surface area contributed by atoms with Crippen molar-refractivity contribution < 1.29 is 9.90 Å². The summed E-state index contributed by atoms with van der Waals surface area (Å²) in [5, 5.41) is 13.4. The van der Waals surface area contributed by atoms with Gasteiger partial charge in [0, 0.05) is 59.8 Å². The Balaban J connectivity index is 1.43. The number of carbonyl (C=O) groups excluding carboxylic acids is 1. The van der Waals surface area contributed by atoms with Gasteiger partial charge < -0.3 is 25.1 Å². The van der Waals surface area contributed by atoms with Crippen molar-refractivity contribution in [1.82, 2.24) is 15.1 Å². The highest BCUT2D eigenvalue weighted by Crippen LogP contribution is 2.27. The summed E-state index contributed by atoms with van der Waals surface area (Å²) >= 11 is 0. The minimum absolute atomic E-state index is 0.103. The molecular weight excluding hydrogens is 378 g/mol. The molecule has 7 heteroatoms. The van der Waals surface area contributed by atoms with Crippen LogP contribution in [0.4, 0.5) is 5.69 Å². The molecule has 1 amide bonds. The van der Waals surface area contributed by atoms with Crippen molar-refractivity contribution in [3.05, 3.63) is 60.2 Å². The van der Waals surface area contributed by atoms with E-state index in [0.717, 1.165) is 43.4 Å². The van der Waals surface area contributed by atoms with E-state index in [9.17, 15) is 9.90 Å². The van der Waals surface area contributed by atoms with E-state index >= 15 is 0 Å². The molecule has 160 valence electrons. The highest BCUT2D eigenvalue weighted by molar-refractivity contribution is 5.81. The Morgan fingerprint density at radius 3 is 2.40 bits per heavy atom. The first kappa shape index (κ1) is 21.5. The number of aromatic hydroxyl groups is 1. The number of carbonyl (C=O) groups is 1. The molecule has 2 aromatic carbocycles. The van der Waals surface area contributed by atoms with Gasteiger partial charge in [0.05, 0.1) is 5.69 Å². The molecule has 0 unspecified atom stereocenters. The molecule has 0 aromatic heterocycles. The van der Waals surface area contributed by atoms with Crippen LogP contribution in [0.5, 0.6) is 5.75 Å². The van der Waals surface area contributed by atoms with Crippen LogP contribution in [0, 0.1) is 0 Å². The predicted molar refractivity (Wildman–Crippen MR) is 121 cm³/mol. The molecule has 0 radical (unpaired) electrons.